The molecule has 0 unspecified atom stereocenters. The molecule has 0 amide bonds. The van der Waals surface area contributed by atoms with Crippen molar-refractivity contribution in [1.82, 2.24) is 0 Å². The van der Waals surface area contributed by atoms with Crippen LogP contribution in [0.25, 0.3) is 0 Å². The molecule has 4 nitrogen and oxygen atoms in total. The second kappa shape index (κ2) is 8.83. The zero-order valence-electron chi connectivity index (χ0n) is 13.6. The van der Waals surface area contributed by atoms with Crippen LogP contribution in [0.15, 0.2) is 48.5 Å². The van der Waals surface area contributed by atoms with Crippen LogP contribution in [0.5, 0.6) is 17.2 Å². The second-order valence-electron chi connectivity index (χ2n) is 5.14. The van der Waals surface area contributed by atoms with Gasteiger partial charge in [0.25, 0.3) is 0 Å². The van der Waals surface area contributed by atoms with Crippen molar-refractivity contribution in [3.63, 3.8) is 0 Å². The van der Waals surface area contributed by atoms with Crippen molar-refractivity contribution in [2.24, 2.45) is 0 Å². The van der Waals surface area contributed by atoms with Gasteiger partial charge in [-0.3, -0.25) is 4.79 Å². The number of unbranched alkanes of at least 4 members (excludes halogenated alkanes) is 1. The minimum Gasteiger partial charge on any atom is -0.493 e. The van der Waals surface area contributed by atoms with Crippen LogP contribution >= 0.6 is 0 Å². The van der Waals surface area contributed by atoms with Crippen molar-refractivity contribution in [3.8, 4) is 17.2 Å². The molecule has 0 atom stereocenters. The fourth-order valence-corrected chi connectivity index (χ4v) is 2.06. The SMILES string of the molecule is CCCCOc1cc(Oc2ccccc2)ccc1CC(=O)OC. The quantitative estimate of drug-likeness (QED) is 0.536. The van der Waals surface area contributed by atoms with Gasteiger partial charge in [-0.25, -0.2) is 0 Å². The maximum absolute atomic E-state index is 11.5. The number of carbonyl (C=O) groups excluding carboxylic acids is 1. The Morgan fingerprint density at radius 1 is 1.04 bits per heavy atom. The lowest BCUT2D eigenvalue weighted by molar-refractivity contribution is -0.139. The summed E-state index contributed by atoms with van der Waals surface area (Å²) in [6.07, 6.45) is 2.19. The maximum atomic E-state index is 11.5. The summed E-state index contributed by atoms with van der Waals surface area (Å²) in [5.74, 6) is 1.81. The first-order chi connectivity index (χ1) is 11.2. The van der Waals surface area contributed by atoms with Crippen molar-refractivity contribution in [2.45, 2.75) is 26.2 Å². The van der Waals surface area contributed by atoms with Gasteiger partial charge in [0, 0.05) is 11.6 Å². The van der Waals surface area contributed by atoms with E-state index in [9.17, 15) is 4.79 Å². The molecule has 0 fully saturated rings. The minimum atomic E-state index is -0.290. The van der Waals surface area contributed by atoms with Crippen LogP contribution in [0.4, 0.5) is 0 Å². The molecular weight excluding hydrogens is 292 g/mol. The van der Waals surface area contributed by atoms with Gasteiger partial charge in [0.1, 0.15) is 17.2 Å². The third kappa shape index (κ3) is 5.33. The molecule has 0 saturated carbocycles. The number of rotatable bonds is 8. The molecule has 2 rings (SSSR count). The number of esters is 1. The molecule has 0 heterocycles. The summed E-state index contributed by atoms with van der Waals surface area (Å²) in [4.78, 5) is 11.5. The van der Waals surface area contributed by atoms with E-state index in [0.29, 0.717) is 18.1 Å². The standard InChI is InChI=1S/C19H22O4/c1-3-4-12-22-18-14-17(23-16-8-6-5-7-9-16)11-10-15(18)13-19(20)21-2/h5-11,14H,3-4,12-13H2,1-2H3. The summed E-state index contributed by atoms with van der Waals surface area (Å²) in [6, 6.07) is 15.0. The lowest BCUT2D eigenvalue weighted by Crippen LogP contribution is -2.07. The maximum Gasteiger partial charge on any atom is 0.310 e. The zero-order valence-corrected chi connectivity index (χ0v) is 13.6. The lowest BCUT2D eigenvalue weighted by Gasteiger charge is -2.13. The Morgan fingerprint density at radius 2 is 1.83 bits per heavy atom. The van der Waals surface area contributed by atoms with Gasteiger partial charge in [-0.15, -0.1) is 0 Å². The topological polar surface area (TPSA) is 44.8 Å². The Morgan fingerprint density at radius 3 is 2.52 bits per heavy atom. The van der Waals surface area contributed by atoms with Gasteiger partial charge >= 0.3 is 5.97 Å². The Hall–Kier alpha value is -2.49. The van der Waals surface area contributed by atoms with Crippen LogP contribution in [-0.4, -0.2) is 19.7 Å². The smallest absolute Gasteiger partial charge is 0.310 e. The molecular formula is C19H22O4. The van der Waals surface area contributed by atoms with Gasteiger partial charge in [0.15, 0.2) is 0 Å². The predicted molar refractivity (Wildman–Crippen MR) is 89.1 cm³/mol. The monoisotopic (exact) mass is 314 g/mol. The molecule has 0 radical (unpaired) electrons. The molecule has 2 aromatic rings. The third-order valence-electron chi connectivity index (χ3n) is 3.34. The van der Waals surface area contributed by atoms with E-state index in [2.05, 4.69) is 6.92 Å². The van der Waals surface area contributed by atoms with E-state index in [-0.39, 0.29) is 12.4 Å². The first-order valence-corrected chi connectivity index (χ1v) is 7.78. The Balaban J connectivity index is 2.17. The van der Waals surface area contributed by atoms with E-state index in [0.717, 1.165) is 24.2 Å². The molecule has 122 valence electrons. The number of para-hydroxylation sites is 1. The fraction of sp³-hybridized carbons (Fsp3) is 0.316. The second-order valence-corrected chi connectivity index (χ2v) is 5.14. The normalized spacial score (nSPS) is 10.2. The van der Waals surface area contributed by atoms with Gasteiger partial charge in [0.05, 0.1) is 20.1 Å². The zero-order chi connectivity index (χ0) is 16.5. The third-order valence-corrected chi connectivity index (χ3v) is 3.34. The van der Waals surface area contributed by atoms with Crippen LogP contribution < -0.4 is 9.47 Å². The average molecular weight is 314 g/mol. The fourth-order valence-electron chi connectivity index (χ4n) is 2.06. The van der Waals surface area contributed by atoms with Crippen molar-refractivity contribution in [3.05, 3.63) is 54.1 Å². The van der Waals surface area contributed by atoms with E-state index < -0.39 is 0 Å². The number of carbonyl (C=O) groups is 1. The van der Waals surface area contributed by atoms with E-state index in [1.807, 2.05) is 48.5 Å². The minimum absolute atomic E-state index is 0.184. The van der Waals surface area contributed by atoms with Gasteiger partial charge in [-0.1, -0.05) is 37.6 Å². The van der Waals surface area contributed by atoms with Crippen molar-refractivity contribution < 1.29 is 19.0 Å². The molecule has 4 heteroatoms. The molecule has 23 heavy (non-hydrogen) atoms. The molecule has 0 saturated heterocycles. The number of ether oxygens (including phenoxy) is 3. The van der Waals surface area contributed by atoms with Gasteiger partial charge in [-0.2, -0.15) is 0 Å². The molecule has 0 N–H and O–H groups in total. The summed E-state index contributed by atoms with van der Waals surface area (Å²) in [5.41, 5.74) is 0.799. The van der Waals surface area contributed by atoms with E-state index in [1.54, 1.807) is 0 Å². The molecule has 0 bridgehead atoms. The van der Waals surface area contributed by atoms with Crippen LogP contribution in [-0.2, 0) is 16.0 Å². The lowest BCUT2D eigenvalue weighted by atomic mass is 10.1. The van der Waals surface area contributed by atoms with Crippen molar-refractivity contribution in [2.75, 3.05) is 13.7 Å². The number of benzene rings is 2. The Bertz CT molecular complexity index is 623. The molecule has 0 spiro atoms. The highest BCUT2D eigenvalue weighted by atomic mass is 16.5. The number of methoxy groups -OCH3 is 1. The highest BCUT2D eigenvalue weighted by molar-refractivity contribution is 5.73. The Labute approximate surface area is 137 Å². The van der Waals surface area contributed by atoms with Gasteiger partial charge in [0.2, 0.25) is 0 Å². The van der Waals surface area contributed by atoms with Gasteiger partial charge in [-0.05, 0) is 24.6 Å². The van der Waals surface area contributed by atoms with Gasteiger partial charge < -0.3 is 14.2 Å². The average Bonchev–Trinajstić information content (AvgIpc) is 2.58. The summed E-state index contributed by atoms with van der Waals surface area (Å²) >= 11 is 0. The van der Waals surface area contributed by atoms with Crippen LogP contribution in [0.2, 0.25) is 0 Å². The number of hydrogen-bond acceptors (Lipinski definition) is 4. The Kier molecular flexibility index (Phi) is 6.48. The molecule has 2 aromatic carbocycles. The van der Waals surface area contributed by atoms with Crippen molar-refractivity contribution >= 4 is 5.97 Å². The molecule has 0 aliphatic carbocycles. The molecule has 0 aromatic heterocycles. The van der Waals surface area contributed by atoms with E-state index >= 15 is 0 Å². The number of hydrogen-bond donors (Lipinski definition) is 0. The predicted octanol–water partition coefficient (Wildman–Crippen LogP) is 4.37. The highest BCUT2D eigenvalue weighted by Crippen LogP contribution is 2.29. The highest BCUT2D eigenvalue weighted by Gasteiger charge is 2.11. The molecule has 0 aliphatic rings. The van der Waals surface area contributed by atoms with Crippen LogP contribution in [0.1, 0.15) is 25.3 Å². The first-order valence-electron chi connectivity index (χ1n) is 7.78. The van der Waals surface area contributed by atoms with Crippen LogP contribution in [0, 0.1) is 0 Å². The largest absolute Gasteiger partial charge is 0.493 e. The summed E-state index contributed by atoms with van der Waals surface area (Å²) < 4.78 is 16.4. The van der Waals surface area contributed by atoms with E-state index in [1.165, 1.54) is 7.11 Å². The molecule has 0 aliphatic heterocycles. The summed E-state index contributed by atoms with van der Waals surface area (Å²) in [5, 5.41) is 0. The summed E-state index contributed by atoms with van der Waals surface area (Å²) in [6.45, 7) is 2.72. The summed E-state index contributed by atoms with van der Waals surface area (Å²) in [7, 11) is 1.38. The van der Waals surface area contributed by atoms with Crippen LogP contribution in [0.3, 0.4) is 0 Å². The van der Waals surface area contributed by atoms with E-state index in [4.69, 9.17) is 14.2 Å². The van der Waals surface area contributed by atoms with Crippen molar-refractivity contribution in [1.29, 1.82) is 0 Å². The first kappa shape index (κ1) is 16.9.